The topological polar surface area (TPSA) is 17.1 Å². The van der Waals surface area contributed by atoms with Crippen LogP contribution in [0.25, 0.3) is 0 Å². The molecule has 0 amide bonds. The fraction of sp³-hybridized carbons (Fsp3) is 0.300. The molecule has 1 nitrogen and oxygen atoms in total. The zero-order valence-corrected chi connectivity index (χ0v) is 9.74. The first-order valence-corrected chi connectivity index (χ1v) is 5.62. The highest BCUT2D eigenvalue weighted by Crippen LogP contribution is 2.18. The maximum atomic E-state index is 12.5. The van der Waals surface area contributed by atoms with Crippen molar-refractivity contribution in [3.05, 3.63) is 34.3 Å². The summed E-state index contributed by atoms with van der Waals surface area (Å²) in [6.07, 6.45) is 0.370. The Hall–Kier alpha value is -0.410. The van der Waals surface area contributed by atoms with Gasteiger partial charge in [-0.05, 0) is 23.8 Å². The first-order chi connectivity index (χ1) is 6.69. The summed E-state index contributed by atoms with van der Waals surface area (Å²) in [6, 6.07) is 4.66. The van der Waals surface area contributed by atoms with Gasteiger partial charge < -0.3 is 0 Å². The molecule has 0 unspecified atom stereocenters. The second kappa shape index (κ2) is 5.47. The van der Waals surface area contributed by atoms with Crippen molar-refractivity contribution in [2.75, 3.05) is 5.33 Å². The Morgan fingerprint density at radius 2 is 2.21 bits per heavy atom. The number of halogens is 3. The molecule has 0 saturated heterocycles. The van der Waals surface area contributed by atoms with E-state index in [2.05, 4.69) is 15.9 Å². The van der Waals surface area contributed by atoms with Crippen LogP contribution in [0.5, 0.6) is 0 Å². The Labute approximate surface area is 95.4 Å². The molecule has 0 aliphatic carbocycles. The van der Waals surface area contributed by atoms with Gasteiger partial charge >= 0.3 is 0 Å². The minimum Gasteiger partial charge on any atom is -0.294 e. The molecule has 0 aromatic heterocycles. The summed E-state index contributed by atoms with van der Waals surface area (Å²) in [5.74, 6) is -0.0637. The molecule has 0 aliphatic rings. The van der Waals surface area contributed by atoms with Gasteiger partial charge in [0.1, 0.15) is 6.67 Å². The zero-order valence-electron chi connectivity index (χ0n) is 7.40. The van der Waals surface area contributed by atoms with Gasteiger partial charge in [0, 0.05) is 22.3 Å². The molecule has 76 valence electrons. The molecule has 0 heterocycles. The highest BCUT2D eigenvalue weighted by atomic mass is 79.9. The van der Waals surface area contributed by atoms with E-state index in [0.29, 0.717) is 27.9 Å². The molecule has 0 radical (unpaired) electrons. The van der Waals surface area contributed by atoms with E-state index in [0.717, 1.165) is 0 Å². The molecule has 0 spiro atoms. The summed E-state index contributed by atoms with van der Waals surface area (Å²) in [6.45, 7) is -0.663. The van der Waals surface area contributed by atoms with Crippen molar-refractivity contribution in [1.82, 2.24) is 0 Å². The SMILES string of the molecule is O=C(CCBr)c1ccc(Cl)cc1CF. The molecule has 0 atom stereocenters. The number of hydrogen-bond acceptors (Lipinski definition) is 1. The number of benzene rings is 1. The predicted molar refractivity (Wildman–Crippen MR) is 59.0 cm³/mol. The van der Waals surface area contributed by atoms with Crippen molar-refractivity contribution in [2.45, 2.75) is 13.1 Å². The van der Waals surface area contributed by atoms with Crippen LogP contribution in [0.1, 0.15) is 22.3 Å². The summed E-state index contributed by atoms with van der Waals surface area (Å²) >= 11 is 8.86. The van der Waals surface area contributed by atoms with Gasteiger partial charge in [-0.1, -0.05) is 27.5 Å². The molecular weight excluding hydrogens is 270 g/mol. The van der Waals surface area contributed by atoms with Crippen LogP contribution in [0, 0.1) is 0 Å². The molecule has 0 saturated carbocycles. The molecule has 0 fully saturated rings. The lowest BCUT2D eigenvalue weighted by atomic mass is 10.0. The molecule has 4 heteroatoms. The monoisotopic (exact) mass is 278 g/mol. The normalized spacial score (nSPS) is 10.2. The third-order valence-electron chi connectivity index (χ3n) is 1.83. The molecular formula is C10H9BrClFO. The van der Waals surface area contributed by atoms with E-state index in [1.54, 1.807) is 12.1 Å². The van der Waals surface area contributed by atoms with Crippen molar-refractivity contribution in [2.24, 2.45) is 0 Å². The number of rotatable bonds is 4. The fourth-order valence-electron chi connectivity index (χ4n) is 1.17. The zero-order chi connectivity index (χ0) is 10.6. The van der Waals surface area contributed by atoms with Crippen molar-refractivity contribution in [3.63, 3.8) is 0 Å². The van der Waals surface area contributed by atoms with Crippen molar-refractivity contribution in [1.29, 1.82) is 0 Å². The highest BCUT2D eigenvalue weighted by molar-refractivity contribution is 9.09. The minimum absolute atomic E-state index is 0.0637. The summed E-state index contributed by atoms with van der Waals surface area (Å²) in [4.78, 5) is 11.5. The van der Waals surface area contributed by atoms with Gasteiger partial charge in [0.15, 0.2) is 5.78 Å². The maximum Gasteiger partial charge on any atom is 0.164 e. The van der Waals surface area contributed by atoms with E-state index in [1.807, 2.05) is 0 Å². The van der Waals surface area contributed by atoms with Crippen molar-refractivity contribution >= 4 is 33.3 Å². The summed E-state index contributed by atoms with van der Waals surface area (Å²) in [7, 11) is 0. The van der Waals surface area contributed by atoms with Crippen molar-refractivity contribution in [3.8, 4) is 0 Å². The molecule has 1 aromatic carbocycles. The van der Waals surface area contributed by atoms with Crippen molar-refractivity contribution < 1.29 is 9.18 Å². The first-order valence-electron chi connectivity index (χ1n) is 4.12. The van der Waals surface area contributed by atoms with Gasteiger partial charge in [-0.15, -0.1) is 0 Å². The van der Waals surface area contributed by atoms with E-state index in [1.165, 1.54) is 6.07 Å². The molecule has 1 rings (SSSR count). The second-order valence-electron chi connectivity index (χ2n) is 2.80. The van der Waals surface area contributed by atoms with Crippen LogP contribution >= 0.6 is 27.5 Å². The standard InChI is InChI=1S/C10H9BrClFO/c11-4-3-10(14)9-2-1-8(12)5-7(9)6-13/h1-2,5H,3-4,6H2. The number of hydrogen-bond donors (Lipinski definition) is 0. The average molecular weight is 280 g/mol. The van der Waals surface area contributed by atoms with Crippen LogP contribution in [0.4, 0.5) is 4.39 Å². The van der Waals surface area contributed by atoms with Crippen LogP contribution in [-0.2, 0) is 6.67 Å². The molecule has 0 N–H and O–H groups in total. The Morgan fingerprint density at radius 1 is 1.50 bits per heavy atom. The first kappa shape index (κ1) is 11.7. The van der Waals surface area contributed by atoms with Gasteiger partial charge in [-0.2, -0.15) is 0 Å². The maximum absolute atomic E-state index is 12.5. The Balaban J connectivity index is 3.01. The van der Waals surface area contributed by atoms with Crippen LogP contribution in [0.3, 0.4) is 0 Å². The molecule has 1 aromatic rings. The Kier molecular flexibility index (Phi) is 4.55. The number of carbonyl (C=O) groups excluding carboxylic acids is 1. The van der Waals surface area contributed by atoms with Crippen LogP contribution in [-0.4, -0.2) is 11.1 Å². The largest absolute Gasteiger partial charge is 0.294 e. The van der Waals surface area contributed by atoms with E-state index in [4.69, 9.17) is 11.6 Å². The van der Waals surface area contributed by atoms with E-state index in [-0.39, 0.29) is 5.78 Å². The number of ketones is 1. The van der Waals surface area contributed by atoms with Crippen LogP contribution in [0.15, 0.2) is 18.2 Å². The van der Waals surface area contributed by atoms with Gasteiger partial charge in [-0.25, -0.2) is 4.39 Å². The van der Waals surface area contributed by atoms with Gasteiger partial charge in [0.25, 0.3) is 0 Å². The lowest BCUT2D eigenvalue weighted by Gasteiger charge is -2.04. The highest BCUT2D eigenvalue weighted by Gasteiger charge is 2.10. The Bertz CT molecular complexity index is 341. The third-order valence-corrected chi connectivity index (χ3v) is 2.46. The van der Waals surface area contributed by atoms with E-state index >= 15 is 0 Å². The van der Waals surface area contributed by atoms with E-state index < -0.39 is 6.67 Å². The summed E-state index contributed by atoms with van der Waals surface area (Å²) < 4.78 is 12.5. The van der Waals surface area contributed by atoms with Gasteiger partial charge in [0.2, 0.25) is 0 Å². The number of Topliss-reactive ketones (excluding diaryl/α,β-unsaturated/α-hetero) is 1. The van der Waals surface area contributed by atoms with Gasteiger partial charge in [0.05, 0.1) is 0 Å². The smallest absolute Gasteiger partial charge is 0.164 e. The third kappa shape index (κ3) is 2.79. The number of carbonyl (C=O) groups is 1. The fourth-order valence-corrected chi connectivity index (χ4v) is 1.72. The lowest BCUT2D eigenvalue weighted by Crippen LogP contribution is -2.03. The quantitative estimate of drug-likeness (QED) is 0.605. The lowest BCUT2D eigenvalue weighted by molar-refractivity contribution is 0.0988. The number of alkyl halides is 2. The summed E-state index contributed by atoms with van der Waals surface area (Å²) in [5.41, 5.74) is 0.791. The average Bonchev–Trinajstić information content (AvgIpc) is 2.17. The molecule has 0 bridgehead atoms. The van der Waals surface area contributed by atoms with Gasteiger partial charge in [-0.3, -0.25) is 4.79 Å². The van der Waals surface area contributed by atoms with E-state index in [9.17, 15) is 9.18 Å². The predicted octanol–water partition coefficient (Wildman–Crippen LogP) is 3.78. The van der Waals surface area contributed by atoms with Crippen LogP contribution in [0.2, 0.25) is 5.02 Å². The summed E-state index contributed by atoms with van der Waals surface area (Å²) in [5, 5.41) is 1.04. The molecule has 14 heavy (non-hydrogen) atoms. The second-order valence-corrected chi connectivity index (χ2v) is 4.03. The minimum atomic E-state index is -0.663. The van der Waals surface area contributed by atoms with Crippen LogP contribution < -0.4 is 0 Å². The molecule has 0 aliphatic heterocycles. The Morgan fingerprint density at radius 3 is 2.79 bits per heavy atom.